The van der Waals surface area contributed by atoms with E-state index in [1.165, 1.54) is 0 Å². The zero-order valence-electron chi connectivity index (χ0n) is 11.8. The normalized spacial score (nSPS) is 21.6. The highest BCUT2D eigenvalue weighted by Gasteiger charge is 2.35. The molecule has 0 saturated carbocycles. The number of hydrogen-bond donors (Lipinski definition) is 1. The van der Waals surface area contributed by atoms with Crippen LogP contribution >= 0.6 is 0 Å². The van der Waals surface area contributed by atoms with Gasteiger partial charge < -0.3 is 9.29 Å². The standard InChI is InChI=1S/C14H19F2NO2S/c1-14(2,3)20(18)17-13(7-10-8-19-10)11-6-9(15)4-5-12(11)16/h4-6,10,13,17H,7-8H2,1-3H3/t10?,13?,20-/m0/s1. The number of nitrogens with one attached hydrogen (secondary N) is 1. The Bertz CT molecular complexity index is 475. The van der Waals surface area contributed by atoms with Crippen molar-refractivity contribution in [3.63, 3.8) is 0 Å². The molecule has 0 aliphatic carbocycles. The Labute approximate surface area is 121 Å². The summed E-state index contributed by atoms with van der Waals surface area (Å²) in [6.45, 7) is 6.07. The number of benzene rings is 1. The van der Waals surface area contributed by atoms with Gasteiger partial charge in [-0.1, -0.05) is 0 Å². The second-order valence-corrected chi connectivity index (χ2v) is 7.91. The van der Waals surface area contributed by atoms with Crippen molar-refractivity contribution in [1.82, 2.24) is 4.72 Å². The Morgan fingerprint density at radius 1 is 1.45 bits per heavy atom. The van der Waals surface area contributed by atoms with Crippen molar-refractivity contribution in [1.29, 1.82) is 0 Å². The molecule has 6 heteroatoms. The highest BCUT2D eigenvalue weighted by Crippen LogP contribution is 2.30. The molecule has 0 aromatic heterocycles. The van der Waals surface area contributed by atoms with Crippen LogP contribution in [-0.4, -0.2) is 22.0 Å². The molecule has 2 unspecified atom stereocenters. The predicted octanol–water partition coefficient (Wildman–Crippen LogP) is 2.85. The van der Waals surface area contributed by atoms with Crippen LogP contribution in [0.25, 0.3) is 0 Å². The van der Waals surface area contributed by atoms with Crippen molar-refractivity contribution in [2.45, 2.75) is 44.1 Å². The van der Waals surface area contributed by atoms with Gasteiger partial charge in [-0.15, -0.1) is 4.72 Å². The van der Waals surface area contributed by atoms with Crippen LogP contribution in [-0.2, 0) is 16.1 Å². The monoisotopic (exact) mass is 303 g/mol. The van der Waals surface area contributed by atoms with Crippen LogP contribution in [0.15, 0.2) is 18.2 Å². The van der Waals surface area contributed by atoms with E-state index in [1.807, 2.05) is 20.8 Å². The number of halogens is 2. The van der Waals surface area contributed by atoms with Gasteiger partial charge in [-0.2, -0.15) is 0 Å². The van der Waals surface area contributed by atoms with Crippen molar-refractivity contribution in [2.75, 3.05) is 6.61 Å². The van der Waals surface area contributed by atoms with Gasteiger partial charge in [0.2, 0.25) is 0 Å². The van der Waals surface area contributed by atoms with Crippen LogP contribution in [0.4, 0.5) is 8.78 Å². The van der Waals surface area contributed by atoms with E-state index in [9.17, 15) is 13.3 Å². The van der Waals surface area contributed by atoms with E-state index < -0.39 is 33.8 Å². The minimum atomic E-state index is -1.37. The molecule has 0 bridgehead atoms. The van der Waals surface area contributed by atoms with Crippen molar-refractivity contribution in [3.8, 4) is 0 Å². The second-order valence-electron chi connectivity index (χ2n) is 5.91. The number of epoxide rings is 1. The first-order valence-electron chi connectivity index (χ1n) is 6.52. The molecule has 1 aliphatic heterocycles. The minimum Gasteiger partial charge on any atom is -0.598 e. The quantitative estimate of drug-likeness (QED) is 0.672. The van der Waals surface area contributed by atoms with Crippen LogP contribution in [0.2, 0.25) is 0 Å². The molecule has 1 aliphatic rings. The highest BCUT2D eigenvalue weighted by atomic mass is 32.2. The van der Waals surface area contributed by atoms with Gasteiger partial charge >= 0.3 is 0 Å². The topological polar surface area (TPSA) is 47.6 Å². The van der Waals surface area contributed by atoms with Crippen molar-refractivity contribution in [3.05, 3.63) is 35.4 Å². The molecule has 1 N–H and O–H groups in total. The van der Waals surface area contributed by atoms with Gasteiger partial charge in [0.15, 0.2) is 0 Å². The van der Waals surface area contributed by atoms with Crippen molar-refractivity contribution >= 4 is 11.4 Å². The van der Waals surface area contributed by atoms with E-state index in [2.05, 4.69) is 4.72 Å². The molecular weight excluding hydrogens is 284 g/mol. The summed E-state index contributed by atoms with van der Waals surface area (Å²) in [7, 11) is 0. The number of hydrogen-bond acceptors (Lipinski definition) is 3. The van der Waals surface area contributed by atoms with E-state index in [1.54, 1.807) is 0 Å². The number of ether oxygens (including phenoxy) is 1. The molecule has 0 radical (unpaired) electrons. The molecule has 20 heavy (non-hydrogen) atoms. The average molecular weight is 303 g/mol. The summed E-state index contributed by atoms with van der Waals surface area (Å²) in [4.78, 5) is 0. The molecule has 3 atom stereocenters. The Balaban J connectivity index is 2.20. The molecule has 1 saturated heterocycles. The van der Waals surface area contributed by atoms with Crippen LogP contribution in [0.3, 0.4) is 0 Å². The minimum absolute atomic E-state index is 0.0205. The van der Waals surface area contributed by atoms with Crippen molar-refractivity contribution < 1.29 is 18.1 Å². The highest BCUT2D eigenvalue weighted by molar-refractivity contribution is 7.90. The second kappa shape index (κ2) is 5.97. The summed E-state index contributed by atoms with van der Waals surface area (Å²) in [5, 5.41) is 0. The summed E-state index contributed by atoms with van der Waals surface area (Å²) < 4.78 is 47.0. The lowest BCUT2D eigenvalue weighted by Crippen LogP contribution is -2.41. The SMILES string of the molecule is CC(C)(C)[S@+]([O-])NC(CC1CO1)c1cc(F)ccc1F. The Hall–Kier alpha value is -0.690. The average Bonchev–Trinajstić information content (AvgIpc) is 3.14. The van der Waals surface area contributed by atoms with Crippen LogP contribution < -0.4 is 4.72 Å². The van der Waals surface area contributed by atoms with Crippen molar-refractivity contribution in [2.24, 2.45) is 0 Å². The van der Waals surface area contributed by atoms with Crippen LogP contribution in [0.1, 0.15) is 38.8 Å². The summed E-state index contributed by atoms with van der Waals surface area (Å²) in [6, 6.07) is 2.78. The van der Waals surface area contributed by atoms with E-state index in [-0.39, 0.29) is 11.7 Å². The first kappa shape index (κ1) is 15.7. The molecule has 0 spiro atoms. The third kappa shape index (κ3) is 4.15. The molecule has 3 nitrogen and oxygen atoms in total. The summed E-state index contributed by atoms with van der Waals surface area (Å²) in [5.74, 6) is -1.01. The first-order chi connectivity index (χ1) is 9.27. The summed E-state index contributed by atoms with van der Waals surface area (Å²) >= 11 is -1.37. The fourth-order valence-corrected chi connectivity index (χ4v) is 2.63. The van der Waals surface area contributed by atoms with E-state index in [4.69, 9.17) is 4.74 Å². The van der Waals surface area contributed by atoms with Gasteiger partial charge in [0.05, 0.1) is 18.8 Å². The summed E-state index contributed by atoms with van der Waals surface area (Å²) in [5.41, 5.74) is 0.193. The molecule has 1 fully saturated rings. The van der Waals surface area contributed by atoms with Gasteiger partial charge in [-0.3, -0.25) is 0 Å². The van der Waals surface area contributed by atoms with Gasteiger partial charge in [-0.25, -0.2) is 8.78 Å². The number of rotatable bonds is 5. The lowest BCUT2D eigenvalue weighted by molar-refractivity contribution is 0.370. The maximum atomic E-state index is 13.9. The molecule has 0 amide bonds. The smallest absolute Gasteiger partial charge is 0.136 e. The molecule has 1 aromatic rings. The van der Waals surface area contributed by atoms with Gasteiger partial charge in [0, 0.05) is 16.9 Å². The first-order valence-corrected chi connectivity index (χ1v) is 7.67. The fraction of sp³-hybridized carbons (Fsp3) is 0.571. The van der Waals surface area contributed by atoms with E-state index in [0.717, 1.165) is 18.2 Å². The molecule has 2 rings (SSSR count). The Kier molecular flexibility index (Phi) is 4.69. The van der Waals surface area contributed by atoms with E-state index in [0.29, 0.717) is 13.0 Å². The molecule has 1 heterocycles. The lowest BCUT2D eigenvalue weighted by atomic mass is 10.0. The van der Waals surface area contributed by atoms with E-state index >= 15 is 0 Å². The largest absolute Gasteiger partial charge is 0.598 e. The zero-order valence-corrected chi connectivity index (χ0v) is 12.6. The molecule has 112 valence electrons. The fourth-order valence-electron chi connectivity index (χ4n) is 1.79. The lowest BCUT2D eigenvalue weighted by Gasteiger charge is -2.28. The molecular formula is C14H19F2NO2S. The third-order valence-corrected chi connectivity index (χ3v) is 4.65. The predicted molar refractivity (Wildman–Crippen MR) is 74.5 cm³/mol. The third-order valence-electron chi connectivity index (χ3n) is 3.04. The maximum Gasteiger partial charge on any atom is 0.136 e. The maximum absolute atomic E-state index is 13.9. The Morgan fingerprint density at radius 2 is 2.10 bits per heavy atom. The van der Waals surface area contributed by atoms with Crippen LogP contribution in [0, 0.1) is 11.6 Å². The summed E-state index contributed by atoms with van der Waals surface area (Å²) in [6.07, 6.45) is 0.495. The van der Waals surface area contributed by atoms with Gasteiger partial charge in [0.1, 0.15) is 16.4 Å². The zero-order chi connectivity index (χ0) is 14.9. The van der Waals surface area contributed by atoms with Crippen LogP contribution in [0.5, 0.6) is 0 Å². The molecule has 1 aromatic carbocycles. The van der Waals surface area contributed by atoms with Gasteiger partial charge in [-0.05, 0) is 45.4 Å². The van der Waals surface area contributed by atoms with Gasteiger partial charge in [0.25, 0.3) is 0 Å². The Morgan fingerprint density at radius 3 is 2.65 bits per heavy atom.